The van der Waals surface area contributed by atoms with Gasteiger partial charge in [-0.1, -0.05) is 0 Å². The lowest BCUT2D eigenvalue weighted by atomic mass is 9.90. The first-order valence-corrected chi connectivity index (χ1v) is 6.68. The summed E-state index contributed by atoms with van der Waals surface area (Å²) in [5.41, 5.74) is 1.42. The topological polar surface area (TPSA) is 74.2 Å². The molecule has 0 amide bonds. The number of carbonyl (C=O) groups excluding carboxylic acids is 1. The Bertz CT molecular complexity index is 527. The average Bonchev–Trinajstić information content (AvgIpc) is 2.50. The van der Waals surface area contributed by atoms with Gasteiger partial charge in [-0.05, 0) is 18.6 Å². The molecule has 0 unspecified atom stereocenters. The molecule has 0 bridgehead atoms. The van der Waals surface area contributed by atoms with Crippen LogP contribution in [0.2, 0.25) is 0 Å². The van der Waals surface area contributed by atoms with Crippen LogP contribution in [0.15, 0.2) is 12.1 Å². The van der Waals surface area contributed by atoms with Crippen LogP contribution in [-0.2, 0) is 14.3 Å². The van der Waals surface area contributed by atoms with Crippen LogP contribution in [0.3, 0.4) is 0 Å². The van der Waals surface area contributed by atoms with E-state index in [-0.39, 0.29) is 12.5 Å². The Morgan fingerprint density at radius 3 is 2.57 bits per heavy atom. The second-order valence-corrected chi connectivity index (χ2v) is 4.87. The number of hydrogen-bond acceptors (Lipinski definition) is 6. The first-order valence-electron chi connectivity index (χ1n) is 6.68. The van der Waals surface area contributed by atoms with E-state index < -0.39 is 18.2 Å². The first kappa shape index (κ1) is 15.6. The van der Waals surface area contributed by atoms with Crippen molar-refractivity contribution in [1.82, 2.24) is 0 Å². The van der Waals surface area contributed by atoms with Gasteiger partial charge in [-0.25, -0.2) is 0 Å². The largest absolute Gasteiger partial charge is 0.497 e. The Kier molecular flexibility index (Phi) is 4.69. The van der Waals surface area contributed by atoms with Crippen LogP contribution in [0.1, 0.15) is 36.7 Å². The van der Waals surface area contributed by atoms with Crippen LogP contribution < -0.4 is 9.47 Å². The molecule has 2 rings (SSSR count). The minimum atomic E-state index is -0.945. The molecule has 1 aromatic carbocycles. The molecule has 6 nitrogen and oxygen atoms in total. The maximum atomic E-state index is 11.4. The van der Waals surface area contributed by atoms with Crippen molar-refractivity contribution >= 4 is 5.97 Å². The molecule has 0 saturated heterocycles. The van der Waals surface area contributed by atoms with Gasteiger partial charge < -0.3 is 24.1 Å². The Balaban J connectivity index is 2.42. The maximum absolute atomic E-state index is 11.4. The van der Waals surface area contributed by atoms with E-state index in [9.17, 15) is 9.90 Å². The summed E-state index contributed by atoms with van der Waals surface area (Å²) < 4.78 is 20.9. The summed E-state index contributed by atoms with van der Waals surface area (Å²) in [5, 5.41) is 10.5. The van der Waals surface area contributed by atoms with E-state index >= 15 is 0 Å². The Morgan fingerprint density at radius 1 is 1.29 bits per heavy atom. The number of aliphatic hydroxyl groups excluding tert-OH is 1. The highest BCUT2D eigenvalue weighted by molar-refractivity contribution is 5.70. The lowest BCUT2D eigenvalue weighted by molar-refractivity contribution is -0.151. The summed E-state index contributed by atoms with van der Waals surface area (Å²) >= 11 is 0. The number of methoxy groups -OCH3 is 3. The molecule has 0 saturated carbocycles. The Hall–Kier alpha value is -1.79. The lowest BCUT2D eigenvalue weighted by Crippen LogP contribution is -2.32. The molecular formula is C15H20O6. The van der Waals surface area contributed by atoms with E-state index in [2.05, 4.69) is 4.74 Å². The van der Waals surface area contributed by atoms with E-state index in [1.165, 1.54) is 7.11 Å². The Labute approximate surface area is 123 Å². The molecule has 1 aliphatic rings. The molecule has 0 aromatic heterocycles. The van der Waals surface area contributed by atoms with Crippen molar-refractivity contribution in [2.75, 3.05) is 21.3 Å². The molecule has 0 fully saturated rings. The number of esters is 1. The molecule has 0 spiro atoms. The molecule has 3 atom stereocenters. The Morgan fingerprint density at radius 2 is 2.00 bits per heavy atom. The summed E-state index contributed by atoms with van der Waals surface area (Å²) in [5.74, 6) is 0.743. The molecule has 6 heteroatoms. The number of fused-ring (bicyclic) bond motifs is 1. The third-order valence-electron chi connectivity index (χ3n) is 3.65. The first-order chi connectivity index (χ1) is 10.0. The van der Waals surface area contributed by atoms with Crippen molar-refractivity contribution in [1.29, 1.82) is 0 Å². The standard InChI is InChI=1S/C15H20O6/c1-8-14-10(5-9(18-2)6-11(14)19-3)15(17)12(21-8)7-13(16)20-4/h5-6,8,12,15,17H,7H2,1-4H3/t8-,12+,15+/m0/s1. The number of carbonyl (C=O) groups is 1. The molecule has 1 N–H and O–H groups in total. The number of hydrogen-bond donors (Lipinski definition) is 1. The third kappa shape index (κ3) is 2.96. The van der Waals surface area contributed by atoms with Crippen LogP contribution in [-0.4, -0.2) is 38.5 Å². The van der Waals surface area contributed by atoms with E-state index in [0.29, 0.717) is 17.1 Å². The van der Waals surface area contributed by atoms with Crippen molar-refractivity contribution in [3.8, 4) is 11.5 Å². The third-order valence-corrected chi connectivity index (χ3v) is 3.65. The highest BCUT2D eigenvalue weighted by Gasteiger charge is 2.36. The maximum Gasteiger partial charge on any atom is 0.308 e. The number of ether oxygens (including phenoxy) is 4. The van der Waals surface area contributed by atoms with Crippen LogP contribution in [0.25, 0.3) is 0 Å². The van der Waals surface area contributed by atoms with Gasteiger partial charge in [-0.15, -0.1) is 0 Å². The zero-order chi connectivity index (χ0) is 15.6. The zero-order valence-corrected chi connectivity index (χ0v) is 12.6. The summed E-state index contributed by atoms with van der Waals surface area (Å²) in [7, 11) is 4.40. The van der Waals surface area contributed by atoms with Gasteiger partial charge in [0.1, 0.15) is 17.6 Å². The SMILES string of the molecule is COC(=O)C[C@H]1O[C@@H](C)c2c(OC)cc(OC)cc2[C@H]1O. The summed E-state index contributed by atoms with van der Waals surface area (Å²) in [6, 6.07) is 3.48. The van der Waals surface area contributed by atoms with E-state index in [0.717, 1.165) is 5.56 Å². The highest BCUT2D eigenvalue weighted by Crippen LogP contribution is 2.44. The molecule has 1 aromatic rings. The van der Waals surface area contributed by atoms with E-state index in [1.807, 2.05) is 6.92 Å². The zero-order valence-electron chi connectivity index (χ0n) is 12.6. The lowest BCUT2D eigenvalue weighted by Gasteiger charge is -2.35. The van der Waals surface area contributed by atoms with Gasteiger partial charge in [0, 0.05) is 11.6 Å². The van der Waals surface area contributed by atoms with Crippen molar-refractivity contribution in [3.05, 3.63) is 23.3 Å². The van der Waals surface area contributed by atoms with Gasteiger partial charge >= 0.3 is 5.97 Å². The number of rotatable bonds is 4. The monoisotopic (exact) mass is 296 g/mol. The fraction of sp³-hybridized carbons (Fsp3) is 0.533. The summed E-state index contributed by atoms with van der Waals surface area (Å²) in [6.07, 6.45) is -1.92. The summed E-state index contributed by atoms with van der Waals surface area (Å²) in [6.45, 7) is 1.85. The normalized spacial score (nSPS) is 24.1. The molecule has 1 aliphatic heterocycles. The van der Waals surface area contributed by atoms with Gasteiger partial charge in [0.2, 0.25) is 0 Å². The molecule has 116 valence electrons. The fourth-order valence-corrected chi connectivity index (χ4v) is 2.60. The van der Waals surface area contributed by atoms with Crippen LogP contribution in [0.5, 0.6) is 11.5 Å². The van der Waals surface area contributed by atoms with Gasteiger partial charge in [-0.2, -0.15) is 0 Å². The fourth-order valence-electron chi connectivity index (χ4n) is 2.60. The average molecular weight is 296 g/mol. The summed E-state index contributed by atoms with van der Waals surface area (Å²) in [4.78, 5) is 11.4. The second-order valence-electron chi connectivity index (χ2n) is 4.87. The minimum absolute atomic E-state index is 0.0129. The molecule has 0 radical (unpaired) electrons. The van der Waals surface area contributed by atoms with Gasteiger partial charge in [0.05, 0.1) is 40.0 Å². The van der Waals surface area contributed by atoms with Crippen molar-refractivity contribution < 1.29 is 28.8 Å². The molecule has 1 heterocycles. The van der Waals surface area contributed by atoms with Crippen LogP contribution >= 0.6 is 0 Å². The predicted octanol–water partition coefficient (Wildman–Crippen LogP) is 1.76. The van der Waals surface area contributed by atoms with Gasteiger partial charge in [0.15, 0.2) is 0 Å². The molecule has 0 aliphatic carbocycles. The van der Waals surface area contributed by atoms with Crippen LogP contribution in [0.4, 0.5) is 0 Å². The van der Waals surface area contributed by atoms with Gasteiger partial charge in [0.25, 0.3) is 0 Å². The quantitative estimate of drug-likeness (QED) is 0.853. The van der Waals surface area contributed by atoms with Crippen molar-refractivity contribution in [2.45, 2.75) is 31.7 Å². The molecular weight excluding hydrogens is 276 g/mol. The predicted molar refractivity (Wildman–Crippen MR) is 74.4 cm³/mol. The second kappa shape index (κ2) is 6.32. The highest BCUT2D eigenvalue weighted by atomic mass is 16.5. The van der Waals surface area contributed by atoms with Crippen molar-refractivity contribution in [3.63, 3.8) is 0 Å². The number of benzene rings is 1. The van der Waals surface area contributed by atoms with Crippen molar-refractivity contribution in [2.24, 2.45) is 0 Å². The van der Waals surface area contributed by atoms with Crippen LogP contribution in [0, 0.1) is 0 Å². The minimum Gasteiger partial charge on any atom is -0.497 e. The van der Waals surface area contributed by atoms with E-state index in [1.54, 1.807) is 26.4 Å². The number of aliphatic hydroxyl groups is 1. The van der Waals surface area contributed by atoms with E-state index in [4.69, 9.17) is 14.2 Å². The van der Waals surface area contributed by atoms with Gasteiger partial charge in [-0.3, -0.25) is 4.79 Å². The molecule has 21 heavy (non-hydrogen) atoms. The smallest absolute Gasteiger partial charge is 0.308 e.